The number of pyridine rings is 3. The van der Waals surface area contributed by atoms with E-state index < -0.39 is 5.60 Å². The molecule has 0 N–H and O–H groups in total. The van der Waals surface area contributed by atoms with Crippen molar-refractivity contribution >= 4 is 27.8 Å². The molecule has 0 amide bonds. The zero-order valence-corrected chi connectivity index (χ0v) is 22.8. The molecule has 0 saturated heterocycles. The molecule has 2 atom stereocenters. The van der Waals surface area contributed by atoms with E-state index in [4.69, 9.17) is 19.7 Å². The van der Waals surface area contributed by atoms with Crippen molar-refractivity contribution in [3.05, 3.63) is 96.0 Å². The molecular formula is C33H31N5O. The van der Waals surface area contributed by atoms with Gasteiger partial charge in [0.25, 0.3) is 0 Å². The summed E-state index contributed by atoms with van der Waals surface area (Å²) in [6.45, 7) is 8.48. The van der Waals surface area contributed by atoms with Crippen LogP contribution in [0.3, 0.4) is 0 Å². The van der Waals surface area contributed by atoms with Crippen LogP contribution in [0.15, 0.2) is 84.1 Å². The smallest absolute Gasteiger partial charge is 0.217 e. The summed E-state index contributed by atoms with van der Waals surface area (Å²) < 4.78 is 8.82. The van der Waals surface area contributed by atoms with E-state index in [1.54, 1.807) is 0 Å². The summed E-state index contributed by atoms with van der Waals surface area (Å²) in [7, 11) is 0. The molecule has 4 aromatic heterocycles. The molecule has 2 aliphatic rings. The molecule has 1 aliphatic carbocycles. The highest BCUT2D eigenvalue weighted by Gasteiger charge is 2.51. The van der Waals surface area contributed by atoms with Crippen molar-refractivity contribution < 1.29 is 4.74 Å². The van der Waals surface area contributed by atoms with E-state index in [0.717, 1.165) is 69.5 Å². The molecule has 0 fully saturated rings. The van der Waals surface area contributed by atoms with Crippen molar-refractivity contribution in [2.24, 2.45) is 4.99 Å². The molecule has 5 heterocycles. The van der Waals surface area contributed by atoms with Crippen LogP contribution in [-0.2, 0) is 4.74 Å². The van der Waals surface area contributed by atoms with Gasteiger partial charge in [0.2, 0.25) is 5.90 Å². The Labute approximate surface area is 228 Å². The number of hydrogen-bond acceptors (Lipinski definition) is 5. The van der Waals surface area contributed by atoms with Crippen LogP contribution in [0.4, 0.5) is 0 Å². The van der Waals surface area contributed by atoms with Crippen molar-refractivity contribution in [2.45, 2.75) is 58.1 Å². The number of aryl methyl sites for hydroxylation is 2. The number of fused-ring (bicyclic) bond motifs is 4. The summed E-state index contributed by atoms with van der Waals surface area (Å²) in [5.74, 6) is 1.50. The Morgan fingerprint density at radius 1 is 0.897 bits per heavy atom. The molecule has 194 valence electrons. The van der Waals surface area contributed by atoms with Crippen molar-refractivity contribution in [3.63, 3.8) is 0 Å². The lowest BCUT2D eigenvalue weighted by Gasteiger charge is -2.34. The van der Waals surface area contributed by atoms with E-state index in [2.05, 4.69) is 84.9 Å². The number of aromatic nitrogens is 4. The SMILES string of the molecule is Cc1ccnc(-c2ccc3c4ncccc4n(-c4cc(C5=N[C@]6(C)CCCC=C[C@]6(C)O5)cc(C)n4)c3c2)c1. The maximum atomic E-state index is 6.62. The van der Waals surface area contributed by atoms with Gasteiger partial charge in [0.15, 0.2) is 5.60 Å². The lowest BCUT2D eigenvalue weighted by atomic mass is 9.81. The Morgan fingerprint density at radius 2 is 1.79 bits per heavy atom. The quantitative estimate of drug-likeness (QED) is 0.238. The minimum Gasteiger partial charge on any atom is -0.464 e. The molecule has 6 nitrogen and oxygen atoms in total. The molecule has 5 aromatic rings. The number of allylic oxidation sites excluding steroid dienone is 1. The van der Waals surface area contributed by atoms with Gasteiger partial charge in [-0.15, -0.1) is 0 Å². The summed E-state index contributed by atoms with van der Waals surface area (Å²) in [5.41, 5.74) is 7.27. The molecule has 1 aromatic carbocycles. The van der Waals surface area contributed by atoms with Gasteiger partial charge in [-0.25, -0.2) is 9.98 Å². The first-order valence-electron chi connectivity index (χ1n) is 13.6. The summed E-state index contributed by atoms with van der Waals surface area (Å²) in [4.78, 5) is 19.6. The van der Waals surface area contributed by atoms with E-state index in [-0.39, 0.29) is 5.54 Å². The normalized spacial score (nSPS) is 22.5. The van der Waals surface area contributed by atoms with Crippen LogP contribution in [0.5, 0.6) is 0 Å². The third kappa shape index (κ3) is 3.77. The molecular weight excluding hydrogens is 482 g/mol. The van der Waals surface area contributed by atoms with E-state index in [1.807, 2.05) is 31.5 Å². The maximum absolute atomic E-state index is 6.62. The molecule has 0 spiro atoms. The molecule has 7 rings (SSSR count). The first-order chi connectivity index (χ1) is 18.8. The third-order valence-electron chi connectivity index (χ3n) is 8.34. The second kappa shape index (κ2) is 8.60. The van der Waals surface area contributed by atoms with E-state index in [9.17, 15) is 0 Å². The van der Waals surface area contributed by atoms with Crippen molar-refractivity contribution in [1.82, 2.24) is 19.5 Å². The van der Waals surface area contributed by atoms with Crippen molar-refractivity contribution in [2.75, 3.05) is 0 Å². The number of hydrogen-bond donors (Lipinski definition) is 0. The van der Waals surface area contributed by atoms with Crippen LogP contribution in [0, 0.1) is 13.8 Å². The van der Waals surface area contributed by atoms with Gasteiger partial charge in [-0.2, -0.15) is 0 Å². The first kappa shape index (κ1) is 23.8. The Bertz CT molecular complexity index is 1830. The lowest BCUT2D eigenvalue weighted by Crippen LogP contribution is -2.44. The predicted octanol–water partition coefficient (Wildman–Crippen LogP) is 7.29. The van der Waals surface area contributed by atoms with E-state index in [0.29, 0.717) is 5.90 Å². The highest BCUT2D eigenvalue weighted by atomic mass is 16.5. The van der Waals surface area contributed by atoms with Gasteiger partial charge < -0.3 is 4.74 Å². The number of nitrogens with zero attached hydrogens (tertiary/aromatic N) is 5. The number of rotatable bonds is 3. The van der Waals surface area contributed by atoms with Gasteiger partial charge >= 0.3 is 0 Å². The fourth-order valence-corrected chi connectivity index (χ4v) is 6.00. The highest BCUT2D eigenvalue weighted by Crippen LogP contribution is 2.44. The summed E-state index contributed by atoms with van der Waals surface area (Å²) >= 11 is 0. The second-order valence-electron chi connectivity index (χ2n) is 11.2. The monoisotopic (exact) mass is 513 g/mol. The van der Waals surface area contributed by atoms with E-state index >= 15 is 0 Å². The van der Waals surface area contributed by atoms with Crippen LogP contribution >= 0.6 is 0 Å². The van der Waals surface area contributed by atoms with Gasteiger partial charge in [-0.3, -0.25) is 14.5 Å². The standard InChI is InChI=1S/C33H31N5O/c1-21-12-16-34-26(17-21)23-10-11-25-28(19-23)38(27-9-8-15-35-30(25)27)29-20-24(18-22(2)36-29)31-37-32(3)13-6-5-7-14-33(32,4)39-31/h7-12,14-20H,5-6,13H2,1-4H3/t32-,33+/m1/s1. The summed E-state index contributed by atoms with van der Waals surface area (Å²) in [6.07, 6.45) is 11.3. The highest BCUT2D eigenvalue weighted by molar-refractivity contribution is 6.08. The van der Waals surface area contributed by atoms with E-state index in [1.165, 1.54) is 5.56 Å². The molecule has 39 heavy (non-hydrogen) atoms. The zero-order chi connectivity index (χ0) is 26.8. The van der Waals surface area contributed by atoms with Crippen LogP contribution < -0.4 is 0 Å². The first-order valence-corrected chi connectivity index (χ1v) is 13.6. The zero-order valence-electron chi connectivity index (χ0n) is 22.8. The fourth-order valence-electron chi connectivity index (χ4n) is 6.00. The van der Waals surface area contributed by atoms with Crippen LogP contribution in [0.1, 0.15) is 49.9 Å². The fraction of sp³-hybridized carbons (Fsp3) is 0.273. The van der Waals surface area contributed by atoms with Gasteiger partial charge in [0.05, 0.1) is 22.2 Å². The van der Waals surface area contributed by atoms with Crippen LogP contribution in [0.25, 0.3) is 39.0 Å². The predicted molar refractivity (Wildman–Crippen MR) is 156 cm³/mol. The lowest BCUT2D eigenvalue weighted by molar-refractivity contribution is 0.0804. The summed E-state index contributed by atoms with van der Waals surface area (Å²) in [5, 5.41) is 1.08. The van der Waals surface area contributed by atoms with Gasteiger partial charge in [-0.05, 0) is 107 Å². The number of ether oxygens (including phenoxy) is 1. The molecule has 6 heteroatoms. The summed E-state index contributed by atoms with van der Waals surface area (Å²) in [6, 6.07) is 18.8. The molecule has 1 aliphatic heterocycles. The van der Waals surface area contributed by atoms with Crippen molar-refractivity contribution in [1.29, 1.82) is 0 Å². The Kier molecular flexibility index (Phi) is 5.24. The molecule has 0 bridgehead atoms. The number of aliphatic imine (C=N–C) groups is 1. The molecule has 0 radical (unpaired) electrons. The largest absolute Gasteiger partial charge is 0.464 e. The average molecular weight is 514 g/mol. The average Bonchev–Trinajstić information content (AvgIpc) is 3.34. The Balaban J connectivity index is 1.42. The van der Waals surface area contributed by atoms with Gasteiger partial charge in [-0.1, -0.05) is 12.1 Å². The Hall–Kier alpha value is -4.32. The van der Waals surface area contributed by atoms with Crippen molar-refractivity contribution in [3.8, 4) is 17.1 Å². The maximum Gasteiger partial charge on any atom is 0.217 e. The minimum absolute atomic E-state index is 0.293. The van der Waals surface area contributed by atoms with Gasteiger partial charge in [0, 0.05) is 34.6 Å². The molecule has 0 saturated carbocycles. The number of benzene rings is 1. The molecule has 0 unspecified atom stereocenters. The topological polar surface area (TPSA) is 65.2 Å². The third-order valence-corrected chi connectivity index (χ3v) is 8.34. The second-order valence-corrected chi connectivity index (χ2v) is 11.2. The Morgan fingerprint density at radius 3 is 2.67 bits per heavy atom. The minimum atomic E-state index is -0.456. The van der Waals surface area contributed by atoms with Crippen LogP contribution in [-0.4, -0.2) is 36.6 Å². The van der Waals surface area contributed by atoms with Gasteiger partial charge in [0.1, 0.15) is 11.4 Å². The van der Waals surface area contributed by atoms with Crippen LogP contribution in [0.2, 0.25) is 0 Å².